The van der Waals surface area contributed by atoms with Crippen LogP contribution in [0.2, 0.25) is 0 Å². The standard InChI is InChI=1S/C17H17F3N6O2/c1-26(2)16(27)14-5-6-22-17(24-14)28-9-11(25-21)8-23-10-3-4-13(18)12(7-10)15(19)20/h3-8,15,21,23H,9H2,1-2H3/b11-8-,25-21?. The number of rotatable bonds is 8. The second kappa shape index (κ2) is 9.44. The fourth-order valence-electron chi connectivity index (χ4n) is 1.97. The monoisotopic (exact) mass is 394 g/mol. The molecule has 0 radical (unpaired) electrons. The van der Waals surface area contributed by atoms with Gasteiger partial charge >= 0.3 is 6.01 Å². The lowest BCUT2D eigenvalue weighted by Crippen LogP contribution is -2.23. The number of benzene rings is 1. The summed E-state index contributed by atoms with van der Waals surface area (Å²) in [5.41, 5.74) is 6.82. The van der Waals surface area contributed by atoms with Crippen LogP contribution in [0.25, 0.3) is 0 Å². The Morgan fingerprint density at radius 3 is 2.79 bits per heavy atom. The van der Waals surface area contributed by atoms with Crippen LogP contribution in [0.3, 0.4) is 0 Å². The van der Waals surface area contributed by atoms with Crippen LogP contribution >= 0.6 is 0 Å². The molecule has 0 fully saturated rings. The third-order valence-corrected chi connectivity index (χ3v) is 3.39. The summed E-state index contributed by atoms with van der Waals surface area (Å²) in [5, 5.41) is 5.89. The van der Waals surface area contributed by atoms with Gasteiger partial charge in [0.25, 0.3) is 12.3 Å². The molecule has 28 heavy (non-hydrogen) atoms. The first-order valence-electron chi connectivity index (χ1n) is 7.90. The molecule has 8 nitrogen and oxygen atoms in total. The van der Waals surface area contributed by atoms with Crippen LogP contribution in [0.5, 0.6) is 6.01 Å². The number of alkyl halides is 2. The average molecular weight is 394 g/mol. The van der Waals surface area contributed by atoms with Crippen molar-refractivity contribution in [2.75, 3.05) is 26.0 Å². The van der Waals surface area contributed by atoms with Gasteiger partial charge in [-0.1, -0.05) is 0 Å². The fourth-order valence-corrected chi connectivity index (χ4v) is 1.97. The molecule has 11 heteroatoms. The van der Waals surface area contributed by atoms with E-state index in [0.717, 1.165) is 12.1 Å². The molecule has 0 atom stereocenters. The number of amides is 1. The van der Waals surface area contributed by atoms with Crippen LogP contribution in [0.4, 0.5) is 18.9 Å². The summed E-state index contributed by atoms with van der Waals surface area (Å²) in [6.45, 7) is -0.223. The number of nitrogens with zero attached hydrogens (tertiary/aromatic N) is 4. The van der Waals surface area contributed by atoms with Crippen molar-refractivity contribution in [2.45, 2.75) is 6.43 Å². The normalized spacial score (nSPS) is 11.3. The molecule has 0 aliphatic heterocycles. The molecule has 0 unspecified atom stereocenters. The molecule has 0 bridgehead atoms. The van der Waals surface area contributed by atoms with Gasteiger partial charge in [-0.2, -0.15) is 10.1 Å². The predicted molar refractivity (Wildman–Crippen MR) is 93.8 cm³/mol. The van der Waals surface area contributed by atoms with E-state index in [4.69, 9.17) is 10.3 Å². The van der Waals surface area contributed by atoms with E-state index in [1.54, 1.807) is 14.1 Å². The summed E-state index contributed by atoms with van der Waals surface area (Å²) >= 11 is 0. The largest absolute Gasteiger partial charge is 0.457 e. The number of carbonyl (C=O) groups is 1. The number of aromatic nitrogens is 2. The van der Waals surface area contributed by atoms with Crippen molar-refractivity contribution in [3.63, 3.8) is 0 Å². The van der Waals surface area contributed by atoms with Gasteiger partial charge < -0.3 is 15.0 Å². The Kier molecular flexibility index (Phi) is 7.02. The summed E-state index contributed by atoms with van der Waals surface area (Å²) in [5.74, 6) is -1.34. The first-order valence-corrected chi connectivity index (χ1v) is 7.90. The molecule has 2 aromatic rings. The maximum absolute atomic E-state index is 13.3. The highest BCUT2D eigenvalue weighted by atomic mass is 19.3. The topological polar surface area (TPSA) is 104 Å². The molecule has 2 rings (SSSR count). The van der Waals surface area contributed by atoms with Crippen molar-refractivity contribution in [3.8, 4) is 6.01 Å². The molecule has 1 aromatic carbocycles. The van der Waals surface area contributed by atoms with Crippen molar-refractivity contribution < 1.29 is 22.7 Å². The molecule has 0 saturated carbocycles. The molecule has 1 heterocycles. The Hall–Kier alpha value is -3.50. The van der Waals surface area contributed by atoms with Crippen LogP contribution in [0, 0.1) is 11.3 Å². The van der Waals surface area contributed by atoms with Crippen LogP contribution in [-0.2, 0) is 0 Å². The summed E-state index contributed by atoms with van der Waals surface area (Å²) in [6.07, 6.45) is -0.364. The first kappa shape index (κ1) is 20.8. The Morgan fingerprint density at radius 2 is 2.14 bits per heavy atom. The Bertz CT molecular complexity index is 889. The fraction of sp³-hybridized carbons (Fsp3) is 0.235. The predicted octanol–water partition coefficient (Wildman–Crippen LogP) is 3.62. The number of anilines is 1. The van der Waals surface area contributed by atoms with Crippen molar-refractivity contribution in [3.05, 3.63) is 59.4 Å². The molecule has 2 N–H and O–H groups in total. The number of carbonyl (C=O) groups excluding carboxylic acids is 1. The van der Waals surface area contributed by atoms with E-state index in [1.165, 1.54) is 29.4 Å². The highest BCUT2D eigenvalue weighted by Gasteiger charge is 2.14. The van der Waals surface area contributed by atoms with Crippen LogP contribution in [0.1, 0.15) is 22.5 Å². The van der Waals surface area contributed by atoms with Gasteiger partial charge in [0.15, 0.2) is 0 Å². The highest BCUT2D eigenvalue weighted by Crippen LogP contribution is 2.25. The molecule has 0 spiro atoms. The minimum Gasteiger partial charge on any atom is -0.457 e. The van der Waals surface area contributed by atoms with Crippen LogP contribution in [-0.4, -0.2) is 41.5 Å². The maximum Gasteiger partial charge on any atom is 0.317 e. The van der Waals surface area contributed by atoms with Crippen molar-refractivity contribution >= 4 is 11.6 Å². The minimum absolute atomic E-state index is 0.0795. The van der Waals surface area contributed by atoms with Crippen LogP contribution in [0.15, 0.2) is 47.5 Å². The van der Waals surface area contributed by atoms with Crippen molar-refractivity contribution in [1.82, 2.24) is 14.9 Å². The van der Waals surface area contributed by atoms with Crippen molar-refractivity contribution in [1.29, 1.82) is 5.53 Å². The molecule has 0 aliphatic carbocycles. The van der Waals surface area contributed by atoms with E-state index in [1.807, 2.05) is 0 Å². The zero-order valence-electron chi connectivity index (χ0n) is 15.0. The molecule has 0 saturated heterocycles. The minimum atomic E-state index is -2.95. The average Bonchev–Trinajstić information content (AvgIpc) is 2.68. The summed E-state index contributed by atoms with van der Waals surface area (Å²) in [6, 6.07) is 4.46. The van der Waals surface area contributed by atoms with Gasteiger partial charge in [0, 0.05) is 32.2 Å². The zero-order valence-corrected chi connectivity index (χ0v) is 15.0. The summed E-state index contributed by atoms with van der Waals surface area (Å²) in [4.78, 5) is 21.0. The molecular weight excluding hydrogens is 377 g/mol. The molecular formula is C17H17F3N6O2. The molecule has 0 aliphatic rings. The lowest BCUT2D eigenvalue weighted by atomic mass is 10.2. The van der Waals surface area contributed by atoms with Gasteiger partial charge in [0.1, 0.15) is 23.8 Å². The van der Waals surface area contributed by atoms with Gasteiger partial charge in [-0.05, 0) is 24.3 Å². The van der Waals surface area contributed by atoms with E-state index >= 15 is 0 Å². The van der Waals surface area contributed by atoms with Gasteiger partial charge in [-0.15, -0.1) is 0 Å². The van der Waals surface area contributed by atoms with E-state index in [0.29, 0.717) is 0 Å². The third-order valence-electron chi connectivity index (χ3n) is 3.39. The second-order valence-corrected chi connectivity index (χ2v) is 5.64. The quantitative estimate of drug-likeness (QED) is 0.666. The van der Waals surface area contributed by atoms with E-state index in [2.05, 4.69) is 20.4 Å². The first-order chi connectivity index (χ1) is 13.3. The SMILES string of the molecule is CN(C)C(=O)c1ccnc(OC/C(=C/Nc2ccc(F)c(C(F)F)c2)N=N)n1. The number of halogens is 3. The summed E-state index contributed by atoms with van der Waals surface area (Å²) < 4.78 is 44.1. The second-order valence-electron chi connectivity index (χ2n) is 5.64. The zero-order chi connectivity index (χ0) is 20.7. The number of hydrogen-bond donors (Lipinski definition) is 2. The van der Waals surface area contributed by atoms with Gasteiger partial charge in [0.05, 0.1) is 5.56 Å². The number of ether oxygens (including phenoxy) is 1. The van der Waals surface area contributed by atoms with Gasteiger partial charge in [-0.3, -0.25) is 4.79 Å². The lowest BCUT2D eigenvalue weighted by molar-refractivity contribution is 0.0820. The number of hydrogen-bond acceptors (Lipinski definition) is 7. The third kappa shape index (κ3) is 5.50. The smallest absolute Gasteiger partial charge is 0.317 e. The van der Waals surface area contributed by atoms with Crippen molar-refractivity contribution in [2.24, 2.45) is 5.11 Å². The molecule has 148 valence electrons. The highest BCUT2D eigenvalue weighted by molar-refractivity contribution is 5.91. The summed E-state index contributed by atoms with van der Waals surface area (Å²) in [7, 11) is 3.15. The molecule has 1 amide bonds. The Morgan fingerprint density at radius 1 is 1.39 bits per heavy atom. The van der Waals surface area contributed by atoms with Crippen LogP contribution < -0.4 is 10.1 Å². The van der Waals surface area contributed by atoms with E-state index in [-0.39, 0.29) is 35.6 Å². The van der Waals surface area contributed by atoms with Gasteiger partial charge in [0.2, 0.25) is 0 Å². The van der Waals surface area contributed by atoms with E-state index < -0.39 is 17.8 Å². The Balaban J connectivity index is 2.05. The Labute approximate surface area is 158 Å². The maximum atomic E-state index is 13.3. The molecule has 1 aromatic heterocycles. The van der Waals surface area contributed by atoms with E-state index in [9.17, 15) is 18.0 Å². The van der Waals surface area contributed by atoms with Gasteiger partial charge in [-0.25, -0.2) is 23.7 Å². The number of nitrogens with one attached hydrogen (secondary N) is 2. The lowest BCUT2D eigenvalue weighted by Gasteiger charge is -2.10.